The average molecular weight is 710 g/mol. The molecule has 2 fully saturated rings. The predicted molar refractivity (Wildman–Crippen MR) is 226 cm³/mol. The normalized spacial score (nSPS) is 17.4. The van der Waals surface area contributed by atoms with E-state index in [4.69, 9.17) is 10.2 Å². The Labute approximate surface area is 322 Å². The van der Waals surface area contributed by atoms with E-state index in [2.05, 4.69) is 140 Å². The lowest BCUT2D eigenvalue weighted by atomic mass is 9.67. The van der Waals surface area contributed by atoms with Gasteiger partial charge in [0.05, 0.1) is 5.69 Å². The van der Waals surface area contributed by atoms with E-state index in [-0.39, 0.29) is 10.8 Å². The first-order valence-corrected chi connectivity index (χ1v) is 20.6. The van der Waals surface area contributed by atoms with Crippen LogP contribution in [0.15, 0.2) is 140 Å². The van der Waals surface area contributed by atoms with Gasteiger partial charge in [0.25, 0.3) is 0 Å². The maximum atomic E-state index is 5.14. The van der Waals surface area contributed by atoms with Gasteiger partial charge < -0.3 is 0 Å². The molecule has 0 saturated heterocycles. The summed E-state index contributed by atoms with van der Waals surface area (Å²) in [6.45, 7) is 0. The molecule has 7 aromatic carbocycles. The minimum Gasteiger partial charge on any atom is -0.150 e. The molecule has 4 aliphatic rings. The molecule has 1 heterocycles. The summed E-state index contributed by atoms with van der Waals surface area (Å²) in [5.74, 6) is 0. The highest BCUT2D eigenvalue weighted by Crippen LogP contribution is 2.58. The fraction of sp³-hybridized carbons (Fsp3) is 0.231. The minimum atomic E-state index is 0.122. The van der Waals surface area contributed by atoms with E-state index in [0.29, 0.717) is 0 Å². The van der Waals surface area contributed by atoms with Crippen molar-refractivity contribution in [2.24, 2.45) is 0 Å². The molecule has 0 atom stereocenters. The fourth-order valence-corrected chi connectivity index (χ4v) is 11.5. The third kappa shape index (κ3) is 4.50. The summed E-state index contributed by atoms with van der Waals surface area (Å²) in [4.78, 5) is 1.83. The van der Waals surface area contributed by atoms with Crippen LogP contribution >= 0.6 is 0 Å². The van der Waals surface area contributed by atoms with Gasteiger partial charge >= 0.3 is 0 Å². The van der Waals surface area contributed by atoms with Gasteiger partial charge in [0, 0.05) is 16.2 Å². The number of hydrogen-bond acceptors (Lipinski definition) is 2. The Morgan fingerprint density at radius 1 is 0.382 bits per heavy atom. The smallest absolute Gasteiger partial charge is 0.121 e. The van der Waals surface area contributed by atoms with Crippen LogP contribution in [0.4, 0.5) is 0 Å². The van der Waals surface area contributed by atoms with Gasteiger partial charge in [-0.2, -0.15) is 4.80 Å². The molecule has 2 saturated carbocycles. The number of benzene rings is 7. The third-order valence-corrected chi connectivity index (χ3v) is 14.1. The van der Waals surface area contributed by atoms with E-state index >= 15 is 0 Å². The molecule has 1 aromatic heterocycles. The van der Waals surface area contributed by atoms with Crippen LogP contribution in [0.5, 0.6) is 0 Å². The summed E-state index contributed by atoms with van der Waals surface area (Å²) in [6, 6.07) is 52.6. The van der Waals surface area contributed by atoms with Gasteiger partial charge in [0.15, 0.2) is 0 Å². The number of nitrogens with zero attached hydrogens (tertiary/aromatic N) is 3. The van der Waals surface area contributed by atoms with Crippen molar-refractivity contribution in [3.63, 3.8) is 0 Å². The van der Waals surface area contributed by atoms with Crippen LogP contribution in [0, 0.1) is 0 Å². The zero-order chi connectivity index (χ0) is 36.1. The van der Waals surface area contributed by atoms with Gasteiger partial charge in [-0.1, -0.05) is 148 Å². The van der Waals surface area contributed by atoms with Crippen LogP contribution in [0.1, 0.15) is 86.5 Å². The molecule has 0 bridgehead atoms. The molecular formula is C52H43N3. The fourth-order valence-electron chi connectivity index (χ4n) is 11.5. The molecule has 8 aromatic rings. The molecule has 0 N–H and O–H groups in total. The molecule has 4 aliphatic carbocycles. The molecule has 12 rings (SSSR count). The van der Waals surface area contributed by atoms with Gasteiger partial charge in [-0.05, 0) is 128 Å². The highest BCUT2D eigenvalue weighted by Gasteiger charge is 2.45. The largest absolute Gasteiger partial charge is 0.150 e. The summed E-state index contributed by atoms with van der Waals surface area (Å²) in [5.41, 5.74) is 19.9. The molecule has 3 nitrogen and oxygen atoms in total. The standard InChI is InChI=1S/C52H43N3/c1-9-27-51(28-10-1)45-17-7-5-14-39(45)41-25-21-35(31-47(41)51)34-19-23-37(24-20-34)55-53-49-33-44(38-13-3-4-16-43(38)50(49)54-55)36-22-26-42-40-15-6-8-18-46(40)52(48(42)32-36)29-11-2-12-30-52/h3-8,13-26,31-33H,1-2,9-12,27-30H2. The summed E-state index contributed by atoms with van der Waals surface area (Å²) < 4.78 is 0. The lowest BCUT2D eigenvalue weighted by Crippen LogP contribution is -2.28. The Bertz CT molecular complexity index is 2830. The summed E-state index contributed by atoms with van der Waals surface area (Å²) in [6.07, 6.45) is 12.8. The minimum absolute atomic E-state index is 0.122. The first-order valence-electron chi connectivity index (χ1n) is 20.6. The van der Waals surface area contributed by atoms with Crippen molar-refractivity contribution in [1.82, 2.24) is 15.0 Å². The van der Waals surface area contributed by atoms with Crippen molar-refractivity contribution in [2.45, 2.75) is 75.0 Å². The second-order valence-corrected chi connectivity index (χ2v) is 16.8. The Morgan fingerprint density at radius 2 is 0.891 bits per heavy atom. The van der Waals surface area contributed by atoms with Crippen molar-refractivity contribution < 1.29 is 0 Å². The Balaban J connectivity index is 0.922. The van der Waals surface area contributed by atoms with E-state index in [1.54, 1.807) is 5.56 Å². The second kappa shape index (κ2) is 11.8. The van der Waals surface area contributed by atoms with Crippen LogP contribution in [0.2, 0.25) is 0 Å². The van der Waals surface area contributed by atoms with Crippen LogP contribution in [-0.2, 0) is 10.8 Å². The Kier molecular flexibility index (Phi) is 6.79. The van der Waals surface area contributed by atoms with Crippen LogP contribution in [-0.4, -0.2) is 15.0 Å². The van der Waals surface area contributed by atoms with Gasteiger partial charge in [0.2, 0.25) is 0 Å². The zero-order valence-electron chi connectivity index (χ0n) is 31.2. The first-order chi connectivity index (χ1) is 27.2. The lowest BCUT2D eigenvalue weighted by Gasteiger charge is -2.36. The molecule has 0 aliphatic heterocycles. The quantitative estimate of drug-likeness (QED) is 0.183. The molecule has 55 heavy (non-hydrogen) atoms. The molecular weight excluding hydrogens is 667 g/mol. The predicted octanol–water partition coefficient (Wildman–Crippen LogP) is 13.4. The van der Waals surface area contributed by atoms with Crippen molar-refractivity contribution in [1.29, 1.82) is 0 Å². The van der Waals surface area contributed by atoms with E-state index < -0.39 is 0 Å². The first kappa shape index (κ1) is 31.5. The van der Waals surface area contributed by atoms with E-state index in [9.17, 15) is 0 Å². The summed E-state index contributed by atoms with van der Waals surface area (Å²) in [7, 11) is 0. The molecule has 266 valence electrons. The molecule has 3 heteroatoms. The number of hydrogen-bond donors (Lipinski definition) is 0. The van der Waals surface area contributed by atoms with E-state index in [1.807, 2.05) is 4.80 Å². The lowest BCUT2D eigenvalue weighted by molar-refractivity contribution is 0.353. The number of rotatable bonds is 3. The van der Waals surface area contributed by atoms with Crippen molar-refractivity contribution in [3.05, 3.63) is 162 Å². The second-order valence-electron chi connectivity index (χ2n) is 16.8. The third-order valence-electron chi connectivity index (χ3n) is 14.1. The van der Waals surface area contributed by atoms with Crippen molar-refractivity contribution >= 4 is 21.8 Å². The van der Waals surface area contributed by atoms with Crippen LogP contribution < -0.4 is 0 Å². The summed E-state index contributed by atoms with van der Waals surface area (Å²) >= 11 is 0. The Hall–Kier alpha value is -5.80. The average Bonchev–Trinajstić information content (AvgIpc) is 3.89. The van der Waals surface area contributed by atoms with Gasteiger partial charge in [-0.3, -0.25) is 0 Å². The zero-order valence-corrected chi connectivity index (χ0v) is 31.2. The van der Waals surface area contributed by atoms with Crippen molar-refractivity contribution in [2.75, 3.05) is 0 Å². The maximum absolute atomic E-state index is 5.14. The number of aromatic nitrogens is 3. The molecule has 0 unspecified atom stereocenters. The SMILES string of the molecule is c1ccc2c(c1)-c1ccc(-c3ccc(-n4nc5cc(-c6ccc7c(c6)C6(CCCCC6)c6ccccc6-7)c6ccccc6c5n4)cc3)cc1C21CCCCC1. The molecule has 2 spiro atoms. The monoisotopic (exact) mass is 709 g/mol. The highest BCUT2D eigenvalue weighted by molar-refractivity contribution is 6.11. The molecule has 0 radical (unpaired) electrons. The topological polar surface area (TPSA) is 30.7 Å². The van der Waals surface area contributed by atoms with Crippen LogP contribution in [0.25, 0.3) is 72.0 Å². The molecule has 0 amide bonds. The van der Waals surface area contributed by atoms with Gasteiger partial charge in [0.1, 0.15) is 11.0 Å². The van der Waals surface area contributed by atoms with Crippen molar-refractivity contribution in [3.8, 4) is 50.2 Å². The van der Waals surface area contributed by atoms with E-state index in [0.717, 1.165) is 22.1 Å². The summed E-state index contributed by atoms with van der Waals surface area (Å²) in [5, 5.41) is 12.6. The maximum Gasteiger partial charge on any atom is 0.121 e. The van der Waals surface area contributed by atoms with E-state index in [1.165, 1.54) is 131 Å². The Morgan fingerprint density at radius 3 is 1.53 bits per heavy atom. The van der Waals surface area contributed by atoms with Crippen LogP contribution in [0.3, 0.4) is 0 Å². The number of fused-ring (bicyclic) bond motifs is 13. The van der Waals surface area contributed by atoms with Gasteiger partial charge in [-0.15, -0.1) is 10.2 Å². The van der Waals surface area contributed by atoms with Gasteiger partial charge in [-0.25, -0.2) is 0 Å². The highest BCUT2D eigenvalue weighted by atomic mass is 15.5.